The minimum atomic E-state index is -4.81. The molecule has 2 bridgehead atoms. The molecule has 4 fully saturated rings. The first-order valence-corrected chi connectivity index (χ1v) is 9.54. The van der Waals surface area contributed by atoms with E-state index in [9.17, 15) is 18.0 Å². The number of carbonyl (C=O) groups excluding carboxylic acids is 2. The lowest BCUT2D eigenvalue weighted by Crippen LogP contribution is -2.66. The van der Waals surface area contributed by atoms with Crippen molar-refractivity contribution in [3.63, 3.8) is 0 Å². The highest BCUT2D eigenvalue weighted by molar-refractivity contribution is 7.80. The van der Waals surface area contributed by atoms with Crippen LogP contribution in [0.5, 0.6) is 0 Å². The number of hydrogen-bond donors (Lipinski definition) is 3. The number of fused-ring (bicyclic) bond motifs is 1. The summed E-state index contributed by atoms with van der Waals surface area (Å²) in [7, 11) is -4.81. The van der Waals surface area contributed by atoms with Gasteiger partial charge in [0.2, 0.25) is 0 Å². The second-order valence-corrected chi connectivity index (χ2v) is 8.18. The Morgan fingerprint density at radius 3 is 2.72 bits per heavy atom. The highest BCUT2D eigenvalue weighted by atomic mass is 32.3. The minimum absolute atomic E-state index is 0.129. The molecule has 3 amide bonds. The summed E-state index contributed by atoms with van der Waals surface area (Å²) in [6, 6.07) is -1.64. The van der Waals surface area contributed by atoms with Crippen LogP contribution in [0.2, 0.25) is 0 Å². The van der Waals surface area contributed by atoms with Gasteiger partial charge in [0, 0.05) is 18.5 Å². The van der Waals surface area contributed by atoms with Gasteiger partial charge in [-0.25, -0.2) is 10.3 Å². The summed E-state index contributed by atoms with van der Waals surface area (Å²) < 4.78 is 35.2. The van der Waals surface area contributed by atoms with E-state index in [0.29, 0.717) is 23.8 Å². The summed E-state index contributed by atoms with van der Waals surface area (Å²) in [5, 5.41) is 0.685. The highest BCUT2D eigenvalue weighted by Crippen LogP contribution is 2.57. The van der Waals surface area contributed by atoms with Crippen molar-refractivity contribution in [3.05, 3.63) is 0 Å². The first-order chi connectivity index (χ1) is 11.7. The van der Waals surface area contributed by atoms with Gasteiger partial charge >= 0.3 is 16.4 Å². The molecular weight excluding hydrogens is 356 g/mol. The van der Waals surface area contributed by atoms with Gasteiger partial charge in [0.25, 0.3) is 5.91 Å². The Kier molecular flexibility index (Phi) is 3.74. The van der Waals surface area contributed by atoms with Crippen LogP contribution in [-0.4, -0.2) is 65.6 Å². The zero-order valence-electron chi connectivity index (χ0n) is 13.3. The van der Waals surface area contributed by atoms with Gasteiger partial charge in [-0.15, -0.1) is 4.28 Å². The third-order valence-corrected chi connectivity index (χ3v) is 6.01. The Bertz CT molecular complexity index is 711. The molecule has 4 N–H and O–H groups in total. The molecule has 2 heterocycles. The lowest BCUT2D eigenvalue weighted by molar-refractivity contribution is -0.162. The van der Waals surface area contributed by atoms with Crippen molar-refractivity contribution in [1.29, 1.82) is 0 Å². The number of carbonyl (C=O) groups is 2. The van der Waals surface area contributed by atoms with Crippen LogP contribution in [0, 0.1) is 11.8 Å². The SMILES string of the molecule is NC(CONC(=O)C1C2CCC23CN1C(=O)N3OS(=O)(=O)O)C1CC1. The summed E-state index contributed by atoms with van der Waals surface area (Å²) in [5.41, 5.74) is 7.34. The molecule has 2 saturated carbocycles. The number of urea groups is 1. The summed E-state index contributed by atoms with van der Waals surface area (Å²) in [6.45, 7) is 0.372. The maximum Gasteiger partial charge on any atom is 0.418 e. The Balaban J connectivity index is 1.40. The van der Waals surface area contributed by atoms with Crippen LogP contribution in [0.25, 0.3) is 0 Å². The second-order valence-electron chi connectivity index (χ2n) is 7.18. The number of hydrogen-bond acceptors (Lipinski definition) is 7. The molecule has 4 rings (SSSR count). The molecule has 11 nitrogen and oxygen atoms in total. The van der Waals surface area contributed by atoms with Gasteiger partial charge < -0.3 is 10.6 Å². The Labute approximate surface area is 144 Å². The van der Waals surface area contributed by atoms with Gasteiger partial charge in [-0.3, -0.25) is 14.2 Å². The van der Waals surface area contributed by atoms with E-state index in [1.165, 1.54) is 4.90 Å². The summed E-state index contributed by atoms with van der Waals surface area (Å²) in [4.78, 5) is 31.2. The molecule has 4 unspecified atom stereocenters. The van der Waals surface area contributed by atoms with Crippen molar-refractivity contribution in [2.75, 3.05) is 13.2 Å². The van der Waals surface area contributed by atoms with E-state index in [2.05, 4.69) is 9.76 Å². The number of hydroxylamine groups is 3. The lowest BCUT2D eigenvalue weighted by Gasteiger charge is -2.50. The topological polar surface area (TPSA) is 151 Å². The van der Waals surface area contributed by atoms with Gasteiger partial charge in [-0.1, -0.05) is 0 Å². The molecule has 140 valence electrons. The summed E-state index contributed by atoms with van der Waals surface area (Å²) in [6.07, 6.45) is 3.26. The molecule has 2 aliphatic heterocycles. The third-order valence-electron chi connectivity index (χ3n) is 5.68. The van der Waals surface area contributed by atoms with E-state index in [0.717, 1.165) is 12.8 Å². The molecule has 1 spiro atoms. The summed E-state index contributed by atoms with van der Waals surface area (Å²) in [5.74, 6) is -0.312. The van der Waals surface area contributed by atoms with Crippen LogP contribution >= 0.6 is 0 Å². The minimum Gasteiger partial charge on any atom is -0.325 e. The molecule has 12 heteroatoms. The maximum atomic E-state index is 12.4. The summed E-state index contributed by atoms with van der Waals surface area (Å²) >= 11 is 0. The monoisotopic (exact) mass is 376 g/mol. The van der Waals surface area contributed by atoms with Gasteiger partial charge in [0.15, 0.2) is 0 Å². The fourth-order valence-electron chi connectivity index (χ4n) is 4.17. The van der Waals surface area contributed by atoms with Crippen molar-refractivity contribution < 1.29 is 31.7 Å². The molecule has 25 heavy (non-hydrogen) atoms. The van der Waals surface area contributed by atoms with Crippen molar-refractivity contribution in [2.24, 2.45) is 17.6 Å². The molecule has 2 saturated heterocycles. The second kappa shape index (κ2) is 5.51. The van der Waals surface area contributed by atoms with Gasteiger partial charge in [0.05, 0.1) is 12.1 Å². The first-order valence-electron chi connectivity index (χ1n) is 8.18. The zero-order valence-corrected chi connectivity index (χ0v) is 14.1. The molecule has 0 aromatic carbocycles. The van der Waals surface area contributed by atoms with E-state index in [1.807, 2.05) is 0 Å². The molecule has 0 aromatic heterocycles. The van der Waals surface area contributed by atoms with E-state index in [-0.39, 0.29) is 25.1 Å². The van der Waals surface area contributed by atoms with Gasteiger partial charge in [-0.2, -0.15) is 13.5 Å². The van der Waals surface area contributed by atoms with E-state index >= 15 is 0 Å². The Morgan fingerprint density at radius 2 is 2.16 bits per heavy atom. The molecule has 4 atom stereocenters. The smallest absolute Gasteiger partial charge is 0.325 e. The number of nitrogens with one attached hydrogen (secondary N) is 1. The quantitative estimate of drug-likeness (QED) is 0.369. The predicted octanol–water partition coefficient (Wildman–Crippen LogP) is -1.23. The van der Waals surface area contributed by atoms with Crippen LogP contribution in [0.15, 0.2) is 0 Å². The lowest BCUT2D eigenvalue weighted by atomic mass is 9.65. The van der Waals surface area contributed by atoms with E-state index in [4.69, 9.17) is 15.1 Å². The van der Waals surface area contributed by atoms with Crippen LogP contribution in [0.1, 0.15) is 25.7 Å². The maximum absolute atomic E-state index is 12.4. The first kappa shape index (κ1) is 17.0. The van der Waals surface area contributed by atoms with Crippen molar-refractivity contribution >= 4 is 22.3 Å². The number of nitrogens with zero attached hydrogens (tertiary/aromatic N) is 2. The highest BCUT2D eigenvalue weighted by Gasteiger charge is 2.72. The molecule has 0 aromatic rings. The molecular formula is C13H20N4O7S. The Hall–Kier alpha value is -1.47. The van der Waals surface area contributed by atoms with Crippen molar-refractivity contribution in [2.45, 2.75) is 43.3 Å². The van der Waals surface area contributed by atoms with Gasteiger partial charge in [-0.05, 0) is 31.6 Å². The van der Waals surface area contributed by atoms with Crippen LogP contribution in [-0.2, 0) is 24.3 Å². The van der Waals surface area contributed by atoms with Crippen molar-refractivity contribution in [3.8, 4) is 0 Å². The van der Waals surface area contributed by atoms with Crippen LogP contribution < -0.4 is 11.2 Å². The van der Waals surface area contributed by atoms with Gasteiger partial charge in [0.1, 0.15) is 6.04 Å². The van der Waals surface area contributed by atoms with E-state index < -0.39 is 33.9 Å². The molecule has 2 aliphatic carbocycles. The standard InChI is InChI=1S/C13H20N4O7S/c14-9(7-1-2-7)5-23-15-11(18)10-8-3-4-13(8)6-16(10)12(19)17(13)24-25(20,21)22/h7-10H,1-6,14H2,(H,15,18)(H,20,21,22). The zero-order chi connectivity index (χ0) is 18.0. The normalized spacial score (nSPS) is 34.7. The average Bonchev–Trinajstić information content (AvgIpc) is 3.26. The third kappa shape index (κ3) is 2.68. The Morgan fingerprint density at radius 1 is 1.44 bits per heavy atom. The number of rotatable bonds is 7. The fourth-order valence-corrected chi connectivity index (χ4v) is 4.57. The number of amides is 3. The molecule has 0 radical (unpaired) electrons. The fraction of sp³-hybridized carbons (Fsp3) is 0.846. The van der Waals surface area contributed by atoms with Crippen LogP contribution in [0.3, 0.4) is 0 Å². The van der Waals surface area contributed by atoms with Crippen LogP contribution in [0.4, 0.5) is 4.79 Å². The molecule has 4 aliphatic rings. The largest absolute Gasteiger partial charge is 0.418 e. The number of nitrogens with two attached hydrogens (primary N) is 1. The predicted molar refractivity (Wildman–Crippen MR) is 80.6 cm³/mol. The van der Waals surface area contributed by atoms with Crippen molar-refractivity contribution in [1.82, 2.24) is 15.4 Å². The average molecular weight is 376 g/mol. The van der Waals surface area contributed by atoms with E-state index in [1.54, 1.807) is 0 Å².